The van der Waals surface area contributed by atoms with Crippen molar-refractivity contribution in [3.63, 3.8) is 0 Å². The normalized spacial score (nSPS) is 9.41. The zero-order valence-electron chi connectivity index (χ0n) is 8.90. The summed E-state index contributed by atoms with van der Waals surface area (Å²) in [6.45, 7) is 0. The summed E-state index contributed by atoms with van der Waals surface area (Å²) in [7, 11) is 0. The molecule has 0 atom stereocenters. The summed E-state index contributed by atoms with van der Waals surface area (Å²) in [5.74, 6) is 3.57. The number of nitrogens with one attached hydrogen (secondary N) is 1. The monoisotopic (exact) mass is 223 g/mol. The van der Waals surface area contributed by atoms with E-state index in [0.717, 1.165) is 16.3 Å². The summed E-state index contributed by atoms with van der Waals surface area (Å²) in [4.78, 5) is 10.4. The molecule has 17 heavy (non-hydrogen) atoms. The zero-order valence-corrected chi connectivity index (χ0v) is 8.90. The van der Waals surface area contributed by atoms with Crippen LogP contribution < -0.4 is 0 Å². The summed E-state index contributed by atoms with van der Waals surface area (Å²) < 4.78 is 0. The first-order valence-electron chi connectivity index (χ1n) is 4.99. The molecule has 2 N–H and O–H groups in total. The second kappa shape index (κ2) is 4.50. The minimum Gasteiger partial charge on any atom is -0.472 e. The fraction of sp³-hybridized carbons (Fsp3) is 0. The first-order valence-corrected chi connectivity index (χ1v) is 4.99. The molecule has 0 aromatic heterocycles. The third-order valence-electron chi connectivity index (χ3n) is 2.42. The van der Waals surface area contributed by atoms with Gasteiger partial charge in [0.05, 0.1) is 0 Å². The molecule has 3 nitrogen and oxygen atoms in total. The maximum Gasteiger partial charge on any atom is 0.382 e. The van der Waals surface area contributed by atoms with Gasteiger partial charge in [0.15, 0.2) is 0 Å². The molecule has 0 aliphatic carbocycles. The predicted octanol–water partition coefficient (Wildman–Crippen LogP) is 2.27. The summed E-state index contributed by atoms with van der Waals surface area (Å²) in [6, 6.07) is 11.0. The molecule has 2 rings (SSSR count). The number of carbonyl (C=O) groups is 1. The molecular formula is C14H9NO2. The van der Waals surface area contributed by atoms with Crippen molar-refractivity contribution in [2.24, 2.45) is 0 Å². The molecule has 2 aromatic rings. The van der Waals surface area contributed by atoms with Crippen LogP contribution in [-0.4, -0.2) is 17.3 Å². The molecule has 0 amide bonds. The highest BCUT2D eigenvalue weighted by molar-refractivity contribution is 6.01. The van der Waals surface area contributed by atoms with Crippen LogP contribution >= 0.6 is 0 Å². The van der Waals surface area contributed by atoms with E-state index in [1.165, 1.54) is 6.21 Å². The van der Waals surface area contributed by atoms with Crippen molar-refractivity contribution in [2.45, 2.75) is 0 Å². The Labute approximate surface area is 98.2 Å². The van der Waals surface area contributed by atoms with Crippen molar-refractivity contribution in [3.05, 3.63) is 47.5 Å². The Balaban J connectivity index is 2.72. The Kier molecular flexibility index (Phi) is 2.89. The van der Waals surface area contributed by atoms with Crippen LogP contribution in [0.2, 0.25) is 0 Å². The van der Waals surface area contributed by atoms with E-state index in [0.29, 0.717) is 5.56 Å². The molecule has 0 bridgehead atoms. The van der Waals surface area contributed by atoms with Crippen LogP contribution in [0.4, 0.5) is 0 Å². The number of benzene rings is 2. The Morgan fingerprint density at radius 1 is 1.18 bits per heavy atom. The van der Waals surface area contributed by atoms with Gasteiger partial charge in [-0.05, 0) is 22.4 Å². The molecule has 0 aliphatic rings. The summed E-state index contributed by atoms with van der Waals surface area (Å²) in [5.41, 5.74) is 1.45. The molecule has 0 aliphatic heterocycles. The van der Waals surface area contributed by atoms with Crippen LogP contribution in [0.25, 0.3) is 10.8 Å². The first-order chi connectivity index (χ1) is 8.22. The third-order valence-corrected chi connectivity index (χ3v) is 2.42. The van der Waals surface area contributed by atoms with Crippen LogP contribution in [0.15, 0.2) is 36.4 Å². The van der Waals surface area contributed by atoms with E-state index >= 15 is 0 Å². The molecule has 0 saturated carbocycles. The Hall–Kier alpha value is -2.60. The average Bonchev–Trinajstić information content (AvgIpc) is 2.35. The molecular weight excluding hydrogens is 214 g/mol. The summed E-state index contributed by atoms with van der Waals surface area (Å²) in [5, 5.41) is 17.6. The van der Waals surface area contributed by atoms with Gasteiger partial charge in [-0.25, -0.2) is 4.79 Å². The van der Waals surface area contributed by atoms with E-state index in [4.69, 9.17) is 10.5 Å². The van der Waals surface area contributed by atoms with Gasteiger partial charge in [-0.2, -0.15) is 0 Å². The fourth-order valence-electron chi connectivity index (χ4n) is 1.68. The standard InChI is InChI=1S/C14H9NO2/c15-9-11-6-5-10(7-8-14(16)17)12-3-1-2-4-13(11)12/h1-6,9,15H,(H,16,17). The molecule has 0 spiro atoms. The molecule has 0 heterocycles. The van der Waals surface area contributed by atoms with E-state index in [-0.39, 0.29) is 0 Å². The number of hydrogen-bond acceptors (Lipinski definition) is 2. The Bertz CT molecular complexity index is 663. The molecule has 3 heteroatoms. The van der Waals surface area contributed by atoms with Crippen molar-refractivity contribution in [1.29, 1.82) is 5.41 Å². The predicted molar refractivity (Wildman–Crippen MR) is 66.3 cm³/mol. The zero-order chi connectivity index (χ0) is 12.3. The van der Waals surface area contributed by atoms with Gasteiger partial charge in [0, 0.05) is 17.7 Å². The maximum atomic E-state index is 10.4. The molecule has 82 valence electrons. The summed E-state index contributed by atoms with van der Waals surface area (Å²) in [6.07, 6.45) is 1.27. The molecule has 0 saturated heterocycles. The maximum absolute atomic E-state index is 10.4. The first kappa shape index (κ1) is 10.9. The molecule has 0 radical (unpaired) electrons. The second-order valence-electron chi connectivity index (χ2n) is 3.45. The smallest absolute Gasteiger partial charge is 0.382 e. The highest BCUT2D eigenvalue weighted by Crippen LogP contribution is 2.21. The van der Waals surface area contributed by atoms with Crippen LogP contribution in [0, 0.1) is 17.3 Å². The van der Waals surface area contributed by atoms with Crippen LogP contribution in [-0.2, 0) is 4.79 Å². The van der Waals surface area contributed by atoms with Gasteiger partial charge >= 0.3 is 5.97 Å². The second-order valence-corrected chi connectivity index (χ2v) is 3.45. The number of aliphatic carboxylic acids is 1. The molecule has 0 fully saturated rings. The van der Waals surface area contributed by atoms with Gasteiger partial charge < -0.3 is 10.5 Å². The highest BCUT2D eigenvalue weighted by atomic mass is 16.4. The van der Waals surface area contributed by atoms with Crippen LogP contribution in [0.5, 0.6) is 0 Å². The highest BCUT2D eigenvalue weighted by Gasteiger charge is 2.02. The number of rotatable bonds is 1. The largest absolute Gasteiger partial charge is 0.472 e. The van der Waals surface area contributed by atoms with Gasteiger partial charge in [0.2, 0.25) is 0 Å². The van der Waals surface area contributed by atoms with Crippen molar-refractivity contribution >= 4 is 23.0 Å². The van der Waals surface area contributed by atoms with E-state index in [9.17, 15) is 4.79 Å². The van der Waals surface area contributed by atoms with E-state index in [1.807, 2.05) is 24.3 Å². The summed E-state index contributed by atoms with van der Waals surface area (Å²) >= 11 is 0. The van der Waals surface area contributed by atoms with Gasteiger partial charge in [0.25, 0.3) is 0 Å². The number of fused-ring (bicyclic) bond motifs is 1. The lowest BCUT2D eigenvalue weighted by molar-refractivity contribution is -0.130. The van der Waals surface area contributed by atoms with Crippen molar-refractivity contribution in [1.82, 2.24) is 0 Å². The topological polar surface area (TPSA) is 61.2 Å². The number of carboxylic acid groups (broad SMARTS) is 1. The van der Waals surface area contributed by atoms with E-state index in [1.54, 1.807) is 12.1 Å². The van der Waals surface area contributed by atoms with Crippen molar-refractivity contribution in [2.75, 3.05) is 0 Å². The van der Waals surface area contributed by atoms with Gasteiger partial charge in [0.1, 0.15) is 0 Å². The number of hydrogen-bond donors (Lipinski definition) is 2. The lowest BCUT2D eigenvalue weighted by atomic mass is 10.0. The molecule has 0 unspecified atom stereocenters. The third kappa shape index (κ3) is 2.16. The van der Waals surface area contributed by atoms with Crippen LogP contribution in [0.1, 0.15) is 11.1 Å². The molecule has 2 aromatic carbocycles. The minimum atomic E-state index is -1.15. The minimum absolute atomic E-state index is 0.661. The van der Waals surface area contributed by atoms with Gasteiger partial charge in [-0.3, -0.25) is 0 Å². The van der Waals surface area contributed by atoms with Crippen LogP contribution in [0.3, 0.4) is 0 Å². The SMILES string of the molecule is N=Cc1ccc(C#CC(=O)O)c2ccccc12. The number of carboxylic acids is 1. The Morgan fingerprint density at radius 3 is 2.53 bits per heavy atom. The lowest BCUT2D eigenvalue weighted by Gasteiger charge is -2.03. The van der Waals surface area contributed by atoms with E-state index in [2.05, 4.69) is 11.8 Å². The van der Waals surface area contributed by atoms with E-state index < -0.39 is 5.97 Å². The quantitative estimate of drug-likeness (QED) is 0.575. The Morgan fingerprint density at radius 2 is 1.88 bits per heavy atom. The van der Waals surface area contributed by atoms with Crippen molar-refractivity contribution in [3.8, 4) is 11.8 Å². The fourth-order valence-corrected chi connectivity index (χ4v) is 1.68. The van der Waals surface area contributed by atoms with Gasteiger partial charge in [-0.15, -0.1) is 0 Å². The lowest BCUT2D eigenvalue weighted by Crippen LogP contribution is -1.89. The van der Waals surface area contributed by atoms with Gasteiger partial charge in [-0.1, -0.05) is 36.3 Å². The van der Waals surface area contributed by atoms with Crippen molar-refractivity contribution < 1.29 is 9.90 Å². The average molecular weight is 223 g/mol.